The molecule has 128 valence electrons. The van der Waals surface area contributed by atoms with Crippen LogP contribution in [0.2, 0.25) is 0 Å². The summed E-state index contributed by atoms with van der Waals surface area (Å²) < 4.78 is 18.0. The van der Waals surface area contributed by atoms with Crippen LogP contribution in [0.3, 0.4) is 0 Å². The molecule has 2 heterocycles. The van der Waals surface area contributed by atoms with Crippen molar-refractivity contribution in [1.82, 2.24) is 0 Å². The van der Waals surface area contributed by atoms with Crippen LogP contribution in [0, 0.1) is 33.5 Å². The molecule has 1 aromatic rings. The fraction of sp³-hybridized carbons (Fsp3) is 0.471. The summed E-state index contributed by atoms with van der Waals surface area (Å²) in [5, 5.41) is 20.1. The lowest BCUT2D eigenvalue weighted by atomic mass is 9.93. The number of halogens is 1. The van der Waals surface area contributed by atoms with Gasteiger partial charge in [0.15, 0.2) is 5.41 Å². The average molecular weight is 403 g/mol. The molecule has 1 aliphatic carbocycles. The van der Waals surface area contributed by atoms with Crippen LogP contribution in [0.5, 0.6) is 5.75 Å². The second kappa shape index (κ2) is 4.95. The Kier molecular flexibility index (Phi) is 3.24. The summed E-state index contributed by atoms with van der Waals surface area (Å²) in [4.78, 5) is 4.29. The third kappa shape index (κ3) is 1.63. The number of rotatable bonds is 2. The number of nitrogens with two attached hydrogens (primary N) is 1. The first kappa shape index (κ1) is 16.3. The van der Waals surface area contributed by atoms with Gasteiger partial charge >= 0.3 is 0 Å². The molecule has 5 atom stereocenters. The molecule has 0 aromatic heterocycles. The van der Waals surface area contributed by atoms with E-state index in [0.29, 0.717) is 11.3 Å². The predicted molar refractivity (Wildman–Crippen MR) is 90.4 cm³/mol. The number of hydrogen-bond donors (Lipinski definition) is 1. The summed E-state index contributed by atoms with van der Waals surface area (Å²) >= 11 is 3.43. The van der Waals surface area contributed by atoms with Crippen molar-refractivity contribution < 1.29 is 14.2 Å². The van der Waals surface area contributed by atoms with Crippen LogP contribution in [0.25, 0.3) is 0 Å². The van der Waals surface area contributed by atoms with Gasteiger partial charge in [-0.25, -0.2) is 4.99 Å². The van der Waals surface area contributed by atoms with Gasteiger partial charge in [-0.05, 0) is 25.1 Å². The number of nitrogens with zero attached hydrogens (tertiary/aromatic N) is 3. The van der Waals surface area contributed by atoms with Crippen LogP contribution in [-0.4, -0.2) is 31.6 Å². The Hall–Kier alpha value is -2.13. The van der Waals surface area contributed by atoms with Gasteiger partial charge in [-0.15, -0.1) is 0 Å². The molecule has 2 N–H and O–H groups in total. The zero-order valence-electron chi connectivity index (χ0n) is 13.6. The maximum atomic E-state index is 10.1. The first-order valence-electron chi connectivity index (χ1n) is 7.76. The number of benzene rings is 1. The monoisotopic (exact) mass is 402 g/mol. The predicted octanol–water partition coefficient (Wildman–Crippen LogP) is 2.03. The Morgan fingerprint density at radius 2 is 2.16 bits per heavy atom. The Bertz CT molecular complexity index is 891. The highest BCUT2D eigenvalue weighted by molar-refractivity contribution is 9.10. The summed E-state index contributed by atoms with van der Waals surface area (Å²) in [5.74, 6) is -1.48. The number of methoxy groups -OCH3 is 1. The molecule has 0 amide bonds. The zero-order valence-corrected chi connectivity index (χ0v) is 15.2. The highest BCUT2D eigenvalue weighted by Gasteiger charge is 2.94. The van der Waals surface area contributed by atoms with Gasteiger partial charge in [-0.2, -0.15) is 10.5 Å². The van der Waals surface area contributed by atoms with E-state index in [9.17, 15) is 10.5 Å². The number of hydrogen-bond acceptors (Lipinski definition) is 7. The minimum absolute atomic E-state index is 0.0673. The minimum Gasteiger partial charge on any atom is -0.496 e. The van der Waals surface area contributed by atoms with E-state index in [4.69, 9.17) is 19.9 Å². The molecule has 4 rings (SSSR count). The van der Waals surface area contributed by atoms with Gasteiger partial charge in [-0.1, -0.05) is 15.9 Å². The molecule has 1 aromatic carbocycles. The molecule has 1 spiro atoms. The normalized spacial score (nSPS) is 40.9. The van der Waals surface area contributed by atoms with Crippen LogP contribution in [0.4, 0.5) is 0 Å². The maximum Gasteiger partial charge on any atom is 0.293 e. The van der Waals surface area contributed by atoms with Crippen LogP contribution in [0.15, 0.2) is 27.7 Å². The molecule has 1 saturated carbocycles. The first-order chi connectivity index (χ1) is 11.9. The number of aliphatic imine (C=N–C) groups is 1. The van der Waals surface area contributed by atoms with Crippen molar-refractivity contribution >= 4 is 21.8 Å². The van der Waals surface area contributed by atoms with Crippen molar-refractivity contribution in [2.45, 2.75) is 24.9 Å². The van der Waals surface area contributed by atoms with E-state index in [1.54, 1.807) is 13.2 Å². The van der Waals surface area contributed by atoms with Gasteiger partial charge in [-0.3, -0.25) is 0 Å². The van der Waals surface area contributed by atoms with E-state index in [2.05, 4.69) is 33.1 Å². The van der Waals surface area contributed by atoms with E-state index < -0.39 is 22.7 Å². The van der Waals surface area contributed by atoms with Crippen molar-refractivity contribution in [2.75, 3.05) is 13.7 Å². The highest BCUT2D eigenvalue weighted by atomic mass is 79.9. The molecule has 0 radical (unpaired) electrons. The Morgan fingerprint density at radius 3 is 2.72 bits per heavy atom. The number of fused-ring (bicyclic) bond motifs is 2. The summed E-state index contributed by atoms with van der Waals surface area (Å²) in [6, 6.07) is 9.95. The maximum absolute atomic E-state index is 10.1. The Labute approximate surface area is 153 Å². The standard InChI is InChI=1S/C17H15BrN4O3/c1-9-6-24-17(25-9)16(8-20)13(15(16,7-19)14(21)22-17)11-5-10(18)3-4-12(11)23-2/h3-5,9,13H,6H2,1-2H3,(H2,21,22). The third-order valence-corrected chi connectivity index (χ3v) is 5.80. The summed E-state index contributed by atoms with van der Waals surface area (Å²) in [6.45, 7) is 2.11. The van der Waals surface area contributed by atoms with Crippen molar-refractivity contribution in [2.24, 2.45) is 21.6 Å². The lowest BCUT2D eigenvalue weighted by molar-refractivity contribution is -0.193. The fourth-order valence-electron chi connectivity index (χ4n) is 4.26. The SMILES string of the molecule is COc1ccc(Br)cc1C1C2(C#N)C(N)=NC3(OCC(C)O3)C12C#N. The molecular formula is C17H15BrN4O3. The molecule has 25 heavy (non-hydrogen) atoms. The Morgan fingerprint density at radius 1 is 1.40 bits per heavy atom. The smallest absolute Gasteiger partial charge is 0.293 e. The van der Waals surface area contributed by atoms with Crippen LogP contribution in [-0.2, 0) is 9.47 Å². The Balaban J connectivity index is 1.95. The van der Waals surface area contributed by atoms with E-state index in [0.717, 1.165) is 4.47 Å². The molecule has 2 aliphatic heterocycles. The van der Waals surface area contributed by atoms with Gasteiger partial charge in [0.05, 0.1) is 32.0 Å². The van der Waals surface area contributed by atoms with Crippen LogP contribution < -0.4 is 10.5 Å². The number of nitriles is 2. The van der Waals surface area contributed by atoms with Crippen LogP contribution >= 0.6 is 15.9 Å². The third-order valence-electron chi connectivity index (χ3n) is 5.30. The fourth-order valence-corrected chi connectivity index (χ4v) is 4.64. The van der Waals surface area contributed by atoms with Crippen molar-refractivity contribution in [3.63, 3.8) is 0 Å². The zero-order chi connectivity index (χ0) is 18.0. The van der Waals surface area contributed by atoms with Gasteiger partial charge in [0.2, 0.25) is 0 Å². The van der Waals surface area contributed by atoms with Crippen molar-refractivity contribution in [3.05, 3.63) is 28.2 Å². The number of amidine groups is 1. The molecule has 7 nitrogen and oxygen atoms in total. The number of ether oxygens (including phenoxy) is 3. The summed E-state index contributed by atoms with van der Waals surface area (Å²) in [7, 11) is 1.54. The van der Waals surface area contributed by atoms with Crippen molar-refractivity contribution in [1.29, 1.82) is 10.5 Å². The second-order valence-electron chi connectivity index (χ2n) is 6.48. The largest absolute Gasteiger partial charge is 0.496 e. The van der Waals surface area contributed by atoms with E-state index in [1.807, 2.05) is 19.1 Å². The quantitative estimate of drug-likeness (QED) is 0.809. The molecule has 8 heteroatoms. The van der Waals surface area contributed by atoms with Crippen LogP contribution in [0.1, 0.15) is 18.4 Å². The topological polar surface area (TPSA) is 114 Å². The van der Waals surface area contributed by atoms with E-state index >= 15 is 0 Å². The second-order valence-corrected chi connectivity index (χ2v) is 7.39. The average Bonchev–Trinajstić information content (AvgIpc) is 2.98. The first-order valence-corrected chi connectivity index (χ1v) is 8.55. The minimum atomic E-state index is -1.56. The van der Waals surface area contributed by atoms with Gasteiger partial charge < -0.3 is 19.9 Å². The summed E-state index contributed by atoms with van der Waals surface area (Å²) in [5.41, 5.74) is 4.19. The van der Waals surface area contributed by atoms with Gasteiger partial charge in [0, 0.05) is 16.0 Å². The van der Waals surface area contributed by atoms with E-state index in [-0.39, 0.29) is 18.5 Å². The molecule has 3 aliphatic rings. The highest BCUT2D eigenvalue weighted by Crippen LogP contribution is 2.83. The molecular weight excluding hydrogens is 388 g/mol. The van der Waals surface area contributed by atoms with Gasteiger partial charge in [0.25, 0.3) is 5.91 Å². The van der Waals surface area contributed by atoms with E-state index in [1.165, 1.54) is 0 Å². The van der Waals surface area contributed by atoms with Gasteiger partial charge in [0.1, 0.15) is 17.0 Å². The lowest BCUT2D eigenvalue weighted by Gasteiger charge is -2.26. The summed E-state index contributed by atoms with van der Waals surface area (Å²) in [6.07, 6.45) is -0.248. The molecule has 0 bridgehead atoms. The lowest BCUT2D eigenvalue weighted by Crippen LogP contribution is -2.39. The van der Waals surface area contributed by atoms with Crippen molar-refractivity contribution in [3.8, 4) is 17.9 Å². The molecule has 1 saturated heterocycles. The molecule has 5 unspecified atom stereocenters. The molecule has 2 fully saturated rings.